The summed E-state index contributed by atoms with van der Waals surface area (Å²) in [5.74, 6) is -1.00. The van der Waals surface area contributed by atoms with Crippen LogP contribution in [0, 0.1) is 0 Å². The molecule has 4 aromatic rings. The number of fused-ring (bicyclic) bond motifs is 1. The first-order valence-corrected chi connectivity index (χ1v) is 14.0. The predicted octanol–water partition coefficient (Wildman–Crippen LogP) is 6.57. The third kappa shape index (κ3) is 6.45. The molecule has 0 saturated carbocycles. The van der Waals surface area contributed by atoms with Gasteiger partial charge in [-0.1, -0.05) is 67.6 Å². The summed E-state index contributed by atoms with van der Waals surface area (Å²) in [5, 5.41) is 5.69. The fourth-order valence-electron chi connectivity index (χ4n) is 5.17. The fourth-order valence-corrected chi connectivity index (χ4v) is 5.17. The van der Waals surface area contributed by atoms with Crippen molar-refractivity contribution in [3.05, 3.63) is 125 Å². The van der Waals surface area contributed by atoms with E-state index in [1.807, 2.05) is 13.0 Å². The van der Waals surface area contributed by atoms with Crippen LogP contribution >= 0.6 is 0 Å². The van der Waals surface area contributed by atoms with Gasteiger partial charge in [0.05, 0.1) is 5.56 Å². The fraction of sp³-hybridized carbons (Fsp3) is 0.206. The van der Waals surface area contributed by atoms with Crippen molar-refractivity contribution in [2.24, 2.45) is 0 Å². The summed E-state index contributed by atoms with van der Waals surface area (Å²) < 4.78 is 39.2. The summed E-state index contributed by atoms with van der Waals surface area (Å²) in [6.07, 6.45) is -3.17. The van der Waals surface area contributed by atoms with Gasteiger partial charge in [0.25, 0.3) is 11.8 Å². The highest BCUT2D eigenvalue weighted by Crippen LogP contribution is 2.35. The molecule has 1 aliphatic heterocycles. The molecule has 0 aliphatic carbocycles. The van der Waals surface area contributed by atoms with Crippen LogP contribution in [-0.2, 0) is 17.4 Å². The largest absolute Gasteiger partial charge is 0.416 e. The smallest absolute Gasteiger partial charge is 0.354 e. The zero-order chi connectivity index (χ0) is 30.6. The second-order valence-electron chi connectivity index (χ2n) is 10.3. The van der Waals surface area contributed by atoms with Crippen LogP contribution in [0.2, 0.25) is 0 Å². The highest BCUT2D eigenvalue weighted by molar-refractivity contribution is 6.11. The molecule has 1 heterocycles. The standard InChI is InChI=1S/C34H30F3N3O3/c1-2-19-38-32(42)30(23-8-4-3-5-9-23)39-31(41)25-14-17-29-24(21-25)18-20-40(29)33(43)28-11-7-6-10-27(28)22-12-15-26(16-13-22)34(35,36)37/h3-17,21,30H,2,18-20H2,1H3,(H,38,42)(H,39,41). The molecular formula is C34H30F3N3O3. The molecule has 5 rings (SSSR count). The Kier molecular flexibility index (Phi) is 8.61. The topological polar surface area (TPSA) is 78.5 Å². The maximum absolute atomic E-state index is 13.7. The highest BCUT2D eigenvalue weighted by atomic mass is 19.4. The van der Waals surface area contributed by atoms with Crippen LogP contribution in [0.4, 0.5) is 18.9 Å². The third-order valence-corrected chi connectivity index (χ3v) is 7.38. The Hall–Kier alpha value is -4.92. The van der Waals surface area contributed by atoms with Gasteiger partial charge in [-0.05, 0) is 71.5 Å². The summed E-state index contributed by atoms with van der Waals surface area (Å²) in [6.45, 7) is 2.82. The molecule has 0 radical (unpaired) electrons. The zero-order valence-corrected chi connectivity index (χ0v) is 23.4. The van der Waals surface area contributed by atoms with Gasteiger partial charge in [0.2, 0.25) is 5.91 Å². The van der Waals surface area contributed by atoms with E-state index in [2.05, 4.69) is 10.6 Å². The lowest BCUT2D eigenvalue weighted by atomic mass is 9.97. The Morgan fingerprint density at radius 1 is 0.884 bits per heavy atom. The maximum Gasteiger partial charge on any atom is 0.416 e. The SMILES string of the molecule is CCCNC(=O)C(NC(=O)c1ccc2c(c1)CCN2C(=O)c1ccccc1-c1ccc(C(F)(F)F)cc1)c1ccccc1. The normalized spacial score (nSPS) is 13.3. The summed E-state index contributed by atoms with van der Waals surface area (Å²) in [7, 11) is 0. The van der Waals surface area contributed by atoms with Crippen LogP contribution in [0.5, 0.6) is 0 Å². The molecule has 6 nitrogen and oxygen atoms in total. The summed E-state index contributed by atoms with van der Waals surface area (Å²) in [5.41, 5.74) is 3.12. The van der Waals surface area contributed by atoms with Crippen molar-refractivity contribution >= 4 is 23.4 Å². The third-order valence-electron chi connectivity index (χ3n) is 7.38. The molecule has 0 bridgehead atoms. The van der Waals surface area contributed by atoms with Crippen LogP contribution < -0.4 is 15.5 Å². The average Bonchev–Trinajstić information content (AvgIpc) is 3.45. The van der Waals surface area contributed by atoms with E-state index in [1.165, 1.54) is 12.1 Å². The first kappa shape index (κ1) is 29.6. The van der Waals surface area contributed by atoms with E-state index in [0.717, 1.165) is 24.1 Å². The minimum Gasteiger partial charge on any atom is -0.354 e. The van der Waals surface area contributed by atoms with Crippen molar-refractivity contribution in [3.8, 4) is 11.1 Å². The maximum atomic E-state index is 13.7. The lowest BCUT2D eigenvalue weighted by molar-refractivity contribution is -0.137. The van der Waals surface area contributed by atoms with Gasteiger partial charge < -0.3 is 15.5 Å². The molecule has 0 fully saturated rings. The molecule has 1 aliphatic rings. The van der Waals surface area contributed by atoms with Crippen LogP contribution in [0.15, 0.2) is 97.1 Å². The van der Waals surface area contributed by atoms with E-state index in [9.17, 15) is 27.6 Å². The average molecular weight is 586 g/mol. The number of hydrogen-bond donors (Lipinski definition) is 2. The van der Waals surface area contributed by atoms with Gasteiger partial charge in [-0.25, -0.2) is 0 Å². The first-order chi connectivity index (χ1) is 20.7. The van der Waals surface area contributed by atoms with Gasteiger partial charge in [0.15, 0.2) is 0 Å². The Labute approximate surface area is 247 Å². The van der Waals surface area contributed by atoms with Crippen molar-refractivity contribution in [2.45, 2.75) is 32.0 Å². The van der Waals surface area contributed by atoms with E-state index >= 15 is 0 Å². The molecule has 4 aromatic carbocycles. The molecule has 220 valence electrons. The van der Waals surface area contributed by atoms with E-state index in [1.54, 1.807) is 71.6 Å². The number of nitrogens with zero attached hydrogens (tertiary/aromatic N) is 1. The van der Waals surface area contributed by atoms with Crippen LogP contribution in [0.25, 0.3) is 11.1 Å². The quantitative estimate of drug-likeness (QED) is 0.246. The van der Waals surface area contributed by atoms with Gasteiger partial charge >= 0.3 is 6.18 Å². The Balaban J connectivity index is 1.36. The second-order valence-corrected chi connectivity index (χ2v) is 10.3. The van der Waals surface area contributed by atoms with Crippen molar-refractivity contribution in [1.82, 2.24) is 10.6 Å². The molecule has 0 saturated heterocycles. The van der Waals surface area contributed by atoms with Crippen LogP contribution in [0.3, 0.4) is 0 Å². The molecule has 0 spiro atoms. The molecule has 9 heteroatoms. The molecule has 43 heavy (non-hydrogen) atoms. The van der Waals surface area contributed by atoms with Crippen molar-refractivity contribution < 1.29 is 27.6 Å². The first-order valence-electron chi connectivity index (χ1n) is 14.0. The monoisotopic (exact) mass is 585 g/mol. The number of rotatable bonds is 8. The van der Waals surface area contributed by atoms with Crippen molar-refractivity contribution in [3.63, 3.8) is 0 Å². The van der Waals surface area contributed by atoms with Gasteiger partial charge in [-0.15, -0.1) is 0 Å². The lowest BCUT2D eigenvalue weighted by Gasteiger charge is -2.21. The lowest BCUT2D eigenvalue weighted by Crippen LogP contribution is -2.40. The molecule has 1 atom stereocenters. The number of carbonyl (C=O) groups is 3. The van der Waals surface area contributed by atoms with E-state index in [4.69, 9.17) is 0 Å². The minimum absolute atomic E-state index is 0.289. The Morgan fingerprint density at radius 2 is 1.58 bits per heavy atom. The number of halogens is 3. The molecule has 3 amide bonds. The number of hydrogen-bond acceptors (Lipinski definition) is 3. The summed E-state index contributed by atoms with van der Waals surface area (Å²) >= 11 is 0. The van der Waals surface area contributed by atoms with Crippen LogP contribution in [-0.4, -0.2) is 30.8 Å². The predicted molar refractivity (Wildman–Crippen MR) is 159 cm³/mol. The molecule has 2 N–H and O–H groups in total. The number of anilines is 1. The molecular weight excluding hydrogens is 555 g/mol. The zero-order valence-electron chi connectivity index (χ0n) is 23.4. The van der Waals surface area contributed by atoms with Crippen molar-refractivity contribution in [1.29, 1.82) is 0 Å². The number of amides is 3. The Bertz CT molecular complexity index is 1640. The van der Waals surface area contributed by atoms with Gasteiger partial charge in [-0.3, -0.25) is 14.4 Å². The molecule has 1 unspecified atom stereocenters. The van der Waals surface area contributed by atoms with Gasteiger partial charge in [0.1, 0.15) is 6.04 Å². The summed E-state index contributed by atoms with van der Waals surface area (Å²) in [6, 6.07) is 24.7. The van der Waals surface area contributed by atoms with Crippen molar-refractivity contribution in [2.75, 3.05) is 18.0 Å². The second kappa shape index (κ2) is 12.5. The minimum atomic E-state index is -4.45. The number of nitrogens with one attached hydrogen (secondary N) is 2. The van der Waals surface area contributed by atoms with Gasteiger partial charge in [-0.2, -0.15) is 13.2 Å². The van der Waals surface area contributed by atoms with Gasteiger partial charge in [0, 0.05) is 29.9 Å². The molecule has 0 aromatic heterocycles. The number of benzene rings is 4. The summed E-state index contributed by atoms with van der Waals surface area (Å²) in [4.78, 5) is 41.5. The Morgan fingerprint density at radius 3 is 2.28 bits per heavy atom. The van der Waals surface area contributed by atoms with E-state index in [-0.39, 0.29) is 11.8 Å². The van der Waals surface area contributed by atoms with Crippen LogP contribution in [0.1, 0.15) is 56.8 Å². The number of alkyl halides is 3. The highest BCUT2D eigenvalue weighted by Gasteiger charge is 2.31. The van der Waals surface area contributed by atoms with E-state index < -0.39 is 23.7 Å². The van der Waals surface area contributed by atoms with E-state index in [0.29, 0.717) is 53.0 Å². The number of carbonyl (C=O) groups excluding carboxylic acids is 3.